The van der Waals surface area contributed by atoms with Crippen LogP contribution in [0.2, 0.25) is 0 Å². The minimum Gasteiger partial charge on any atom is -0.355 e. The maximum absolute atomic E-state index is 12.3. The molecule has 2 aliphatic heterocycles. The Morgan fingerprint density at radius 2 is 1.93 bits per heavy atom. The Morgan fingerprint density at radius 1 is 1.11 bits per heavy atom. The second-order valence-corrected chi connectivity index (χ2v) is 8.86. The van der Waals surface area contributed by atoms with Gasteiger partial charge in [-0.15, -0.1) is 0 Å². The molecule has 2 aromatic carbocycles. The van der Waals surface area contributed by atoms with Gasteiger partial charge in [-0.25, -0.2) is 8.42 Å². The number of anilines is 1. The smallest absolute Gasteiger partial charge is 0.178 e. The van der Waals surface area contributed by atoms with Crippen LogP contribution in [0.25, 0.3) is 5.57 Å². The van der Waals surface area contributed by atoms with Crippen molar-refractivity contribution in [2.24, 2.45) is 5.10 Å². The summed E-state index contributed by atoms with van der Waals surface area (Å²) in [7, 11) is -3.26. The van der Waals surface area contributed by atoms with Crippen molar-refractivity contribution >= 4 is 26.8 Å². The van der Waals surface area contributed by atoms with Gasteiger partial charge < -0.3 is 10.7 Å². The summed E-state index contributed by atoms with van der Waals surface area (Å²) in [6, 6.07) is 15.2. The van der Waals surface area contributed by atoms with Crippen LogP contribution in [-0.4, -0.2) is 26.4 Å². The van der Waals surface area contributed by atoms with Crippen LogP contribution in [0, 0.1) is 0 Å². The maximum Gasteiger partial charge on any atom is 0.178 e. The number of para-hydroxylation sites is 1. The minimum atomic E-state index is -3.26. The molecule has 2 N–H and O–H groups in total. The predicted molar refractivity (Wildman–Crippen MR) is 109 cm³/mol. The van der Waals surface area contributed by atoms with E-state index in [9.17, 15) is 8.42 Å². The molecule has 2 heterocycles. The molecule has 0 aromatic heterocycles. The topological polar surface area (TPSA) is 70.6 Å². The van der Waals surface area contributed by atoms with Crippen molar-refractivity contribution in [3.05, 3.63) is 77.0 Å². The number of nitrogens with zero attached hydrogens (tertiary/aromatic N) is 1. The quantitative estimate of drug-likeness (QED) is 0.855. The first kappa shape index (κ1) is 17.5. The van der Waals surface area contributed by atoms with E-state index in [4.69, 9.17) is 0 Å². The van der Waals surface area contributed by atoms with Crippen LogP contribution in [0.1, 0.15) is 25.0 Å². The van der Waals surface area contributed by atoms with Gasteiger partial charge in [-0.05, 0) is 42.3 Å². The Balaban J connectivity index is 1.91. The van der Waals surface area contributed by atoms with Crippen LogP contribution in [0.4, 0.5) is 5.69 Å². The van der Waals surface area contributed by atoms with Crippen molar-refractivity contribution in [3.8, 4) is 0 Å². The lowest BCUT2D eigenvalue weighted by Crippen LogP contribution is -2.14. The van der Waals surface area contributed by atoms with E-state index >= 15 is 0 Å². The zero-order valence-corrected chi connectivity index (χ0v) is 16.1. The van der Waals surface area contributed by atoms with Crippen LogP contribution in [-0.2, 0) is 9.84 Å². The Hall–Kier alpha value is -2.86. The molecule has 0 bridgehead atoms. The van der Waals surface area contributed by atoms with E-state index in [0.717, 1.165) is 39.4 Å². The lowest BCUT2D eigenvalue weighted by atomic mass is 9.91. The van der Waals surface area contributed by atoms with Gasteiger partial charge in [0.05, 0.1) is 22.9 Å². The first-order valence-electron chi connectivity index (χ1n) is 8.91. The van der Waals surface area contributed by atoms with E-state index < -0.39 is 9.84 Å². The van der Waals surface area contributed by atoms with Crippen molar-refractivity contribution in [2.45, 2.75) is 18.7 Å². The fourth-order valence-corrected chi connectivity index (χ4v) is 4.30. The number of nitrogens with one attached hydrogen (secondary N) is 2. The molecule has 2 aromatic rings. The molecule has 5 nitrogen and oxygen atoms in total. The molecule has 0 aliphatic carbocycles. The summed E-state index contributed by atoms with van der Waals surface area (Å²) in [6.07, 6.45) is 2.08. The lowest BCUT2D eigenvalue weighted by Gasteiger charge is -2.23. The normalized spacial score (nSPS) is 18.9. The molecule has 0 spiro atoms. The average Bonchev–Trinajstić information content (AvgIpc) is 3.13. The molecule has 27 heavy (non-hydrogen) atoms. The first-order valence-corrected chi connectivity index (χ1v) is 10.6. The second kappa shape index (κ2) is 6.70. The van der Waals surface area contributed by atoms with Crippen molar-refractivity contribution in [1.29, 1.82) is 0 Å². The third-order valence-corrected chi connectivity index (χ3v) is 6.66. The van der Waals surface area contributed by atoms with Crippen LogP contribution in [0.3, 0.4) is 0 Å². The van der Waals surface area contributed by atoms with Crippen molar-refractivity contribution in [1.82, 2.24) is 5.43 Å². The highest BCUT2D eigenvalue weighted by molar-refractivity contribution is 7.91. The first-order chi connectivity index (χ1) is 13.0. The van der Waals surface area contributed by atoms with E-state index in [1.807, 2.05) is 37.3 Å². The number of fused-ring (bicyclic) bond motifs is 1. The lowest BCUT2D eigenvalue weighted by molar-refractivity contribution is 0.597. The highest BCUT2D eigenvalue weighted by atomic mass is 32.2. The summed E-state index contributed by atoms with van der Waals surface area (Å²) < 4.78 is 24.7. The molecule has 0 amide bonds. The van der Waals surface area contributed by atoms with Gasteiger partial charge in [0.25, 0.3) is 0 Å². The third-order valence-electron chi connectivity index (χ3n) is 4.92. The van der Waals surface area contributed by atoms with Crippen molar-refractivity contribution < 1.29 is 8.42 Å². The van der Waals surface area contributed by atoms with E-state index in [0.29, 0.717) is 11.4 Å². The number of rotatable bonds is 3. The number of hydrazone groups is 1. The zero-order valence-electron chi connectivity index (χ0n) is 15.3. The number of hydrogen-bond acceptors (Lipinski definition) is 5. The van der Waals surface area contributed by atoms with E-state index in [1.165, 1.54) is 0 Å². The fourth-order valence-electron chi connectivity index (χ4n) is 3.38. The fraction of sp³-hybridized carbons (Fsp3) is 0.190. The van der Waals surface area contributed by atoms with Gasteiger partial charge in [0, 0.05) is 22.5 Å². The van der Waals surface area contributed by atoms with Gasteiger partial charge in [-0.3, -0.25) is 0 Å². The molecule has 6 heteroatoms. The van der Waals surface area contributed by atoms with Gasteiger partial charge in [-0.2, -0.15) is 5.10 Å². The van der Waals surface area contributed by atoms with E-state index in [-0.39, 0.29) is 5.75 Å². The Kier molecular flexibility index (Phi) is 4.36. The number of benzene rings is 2. The molecule has 0 saturated carbocycles. The zero-order chi connectivity index (χ0) is 19.0. The molecular weight excluding hydrogens is 358 g/mol. The molecule has 2 aliphatic rings. The maximum atomic E-state index is 12.3. The molecule has 0 atom stereocenters. The van der Waals surface area contributed by atoms with E-state index in [1.54, 1.807) is 25.1 Å². The molecule has 0 saturated heterocycles. The van der Waals surface area contributed by atoms with Crippen LogP contribution < -0.4 is 10.7 Å². The van der Waals surface area contributed by atoms with Crippen molar-refractivity contribution in [3.63, 3.8) is 0 Å². The Bertz CT molecular complexity index is 1110. The van der Waals surface area contributed by atoms with Gasteiger partial charge in [-0.1, -0.05) is 37.3 Å². The largest absolute Gasteiger partial charge is 0.355 e. The molecule has 4 rings (SSSR count). The summed E-state index contributed by atoms with van der Waals surface area (Å²) in [6.45, 7) is 4.32. The predicted octanol–water partition coefficient (Wildman–Crippen LogP) is 3.57. The second-order valence-electron chi connectivity index (χ2n) is 6.58. The highest BCUT2D eigenvalue weighted by Crippen LogP contribution is 2.37. The Labute approximate surface area is 159 Å². The summed E-state index contributed by atoms with van der Waals surface area (Å²) >= 11 is 0. The monoisotopic (exact) mass is 379 g/mol. The molecule has 0 radical (unpaired) electrons. The molecule has 138 valence electrons. The van der Waals surface area contributed by atoms with Crippen molar-refractivity contribution in [2.75, 3.05) is 17.6 Å². The summed E-state index contributed by atoms with van der Waals surface area (Å²) in [5.41, 5.74) is 10.0. The molecular formula is C21H21N3O2S. The highest BCUT2D eigenvalue weighted by Gasteiger charge is 2.22. The van der Waals surface area contributed by atoms with Crippen LogP contribution in [0.5, 0.6) is 0 Å². The third kappa shape index (κ3) is 3.17. The van der Waals surface area contributed by atoms with Gasteiger partial charge in [0.2, 0.25) is 0 Å². The minimum absolute atomic E-state index is 0.0876. The number of allylic oxidation sites excluding steroid dienone is 1. The Morgan fingerprint density at radius 3 is 2.67 bits per heavy atom. The number of sulfone groups is 1. The molecule has 0 unspecified atom stereocenters. The summed E-state index contributed by atoms with van der Waals surface area (Å²) in [5, 5.41) is 7.75. The van der Waals surface area contributed by atoms with Crippen LogP contribution >= 0.6 is 0 Å². The van der Waals surface area contributed by atoms with Crippen LogP contribution in [0.15, 0.2) is 75.9 Å². The molecule has 0 fully saturated rings. The van der Waals surface area contributed by atoms with Gasteiger partial charge >= 0.3 is 0 Å². The number of hydrogen-bond donors (Lipinski definition) is 2. The van der Waals surface area contributed by atoms with E-state index in [2.05, 4.69) is 21.9 Å². The standard InChI is InChI=1S/C21H21N3O2S/c1-3-27(25,26)16-8-6-7-15(11-16)18-12-21(19-13-22-24-14(19)2)23-20-10-5-4-9-17(18)20/h4-12,22-23H,3,13H2,1-2H3. The average molecular weight is 379 g/mol. The van der Waals surface area contributed by atoms with Gasteiger partial charge in [0.15, 0.2) is 9.84 Å². The van der Waals surface area contributed by atoms with Gasteiger partial charge in [0.1, 0.15) is 0 Å². The summed E-state index contributed by atoms with van der Waals surface area (Å²) in [4.78, 5) is 0.355. The SMILES string of the molecule is CCS(=O)(=O)c1cccc(C2=CC(=C3CNN=C3C)Nc3ccccc32)c1. The summed E-state index contributed by atoms with van der Waals surface area (Å²) in [5.74, 6) is 0.0876.